The molecule has 3 aliphatic carbocycles. The van der Waals surface area contributed by atoms with E-state index in [9.17, 15) is 4.79 Å². The molecule has 6 rings (SSSR count). The Morgan fingerprint density at radius 1 is 1.26 bits per heavy atom. The fraction of sp³-hybridized carbons (Fsp3) is 0.636. The van der Waals surface area contributed by atoms with Crippen LogP contribution in [-0.2, 0) is 16.6 Å². The molecule has 2 saturated carbocycles. The highest BCUT2D eigenvalue weighted by molar-refractivity contribution is 7.22. The summed E-state index contributed by atoms with van der Waals surface area (Å²) in [7, 11) is 0. The predicted molar refractivity (Wildman–Crippen MR) is 109 cm³/mol. The van der Waals surface area contributed by atoms with Gasteiger partial charge in [0.1, 0.15) is 0 Å². The molecule has 0 spiro atoms. The molecule has 2 heterocycles. The molecule has 4 aliphatic rings. The molecule has 5 heteroatoms. The van der Waals surface area contributed by atoms with Gasteiger partial charge < -0.3 is 5.32 Å². The Kier molecular flexibility index (Phi) is 3.67. The van der Waals surface area contributed by atoms with Crippen LogP contribution in [-0.4, -0.2) is 35.4 Å². The van der Waals surface area contributed by atoms with Crippen molar-refractivity contribution >= 4 is 33.1 Å². The number of aromatic nitrogens is 1. The van der Waals surface area contributed by atoms with Crippen molar-refractivity contribution in [3.05, 3.63) is 23.3 Å². The van der Waals surface area contributed by atoms with Crippen molar-refractivity contribution in [2.24, 2.45) is 11.8 Å². The highest BCUT2D eigenvalue weighted by atomic mass is 32.1. The van der Waals surface area contributed by atoms with E-state index in [1.165, 1.54) is 69.2 Å². The van der Waals surface area contributed by atoms with Crippen molar-refractivity contribution in [3.8, 4) is 0 Å². The highest BCUT2D eigenvalue weighted by Gasteiger charge is 2.54. The fourth-order valence-corrected chi connectivity index (χ4v) is 7.36. The van der Waals surface area contributed by atoms with Crippen molar-refractivity contribution < 1.29 is 4.79 Å². The molecule has 4 nitrogen and oxygen atoms in total. The number of benzene rings is 1. The molecule has 1 amide bonds. The molecular formula is C22H27N3OS. The molecule has 142 valence electrons. The third-order valence-electron chi connectivity index (χ3n) is 7.83. The lowest BCUT2D eigenvalue weighted by molar-refractivity contribution is -0.105. The van der Waals surface area contributed by atoms with Crippen LogP contribution in [0.1, 0.15) is 56.1 Å². The van der Waals surface area contributed by atoms with Gasteiger partial charge in [-0.3, -0.25) is 9.69 Å². The van der Waals surface area contributed by atoms with Crippen LogP contribution in [0.4, 0.5) is 5.13 Å². The van der Waals surface area contributed by atoms with E-state index in [1.807, 2.05) is 0 Å². The van der Waals surface area contributed by atoms with E-state index in [2.05, 4.69) is 27.3 Å². The van der Waals surface area contributed by atoms with Crippen molar-refractivity contribution in [1.29, 1.82) is 0 Å². The molecule has 0 unspecified atom stereocenters. The number of amides is 1. The minimum Gasteiger partial charge on any atom is -0.305 e. The van der Waals surface area contributed by atoms with Crippen LogP contribution in [0.5, 0.6) is 0 Å². The molecule has 2 aromatic rings. The van der Waals surface area contributed by atoms with E-state index >= 15 is 0 Å². The van der Waals surface area contributed by atoms with Crippen LogP contribution < -0.4 is 5.32 Å². The number of thiazole rings is 1. The largest absolute Gasteiger partial charge is 0.305 e. The highest BCUT2D eigenvalue weighted by Crippen LogP contribution is 2.56. The summed E-state index contributed by atoms with van der Waals surface area (Å²) in [6, 6.07) is 5.53. The van der Waals surface area contributed by atoms with Crippen LogP contribution in [0.2, 0.25) is 0 Å². The molecule has 0 radical (unpaired) electrons. The van der Waals surface area contributed by atoms with Crippen molar-refractivity contribution in [3.63, 3.8) is 0 Å². The maximum Gasteiger partial charge on any atom is 0.213 e. The molecule has 1 aromatic heterocycles. The monoisotopic (exact) mass is 381 g/mol. The number of anilines is 1. The standard InChI is InChI=1S/C22H27N3OS/c26-13-23-21-24-18-11-17-15(10-20(18)27-21)9-19-16-3-1-2-6-22(16,17)7-8-25(19)12-14-4-5-14/h10-11,13-14,16,19H,1-9,12H2,(H,23,24,26)/t16-,19+,22+/m0/s1. The maximum atomic E-state index is 10.8. The van der Waals surface area contributed by atoms with Gasteiger partial charge in [-0.2, -0.15) is 0 Å². The zero-order chi connectivity index (χ0) is 18.0. The average molecular weight is 382 g/mol. The minimum absolute atomic E-state index is 0.382. The number of likely N-dealkylation sites (tertiary alicyclic amines) is 1. The van der Waals surface area contributed by atoms with Gasteiger partial charge in [0.25, 0.3) is 0 Å². The number of nitrogens with zero attached hydrogens (tertiary/aromatic N) is 2. The summed E-state index contributed by atoms with van der Waals surface area (Å²) in [5.74, 6) is 1.80. The fourth-order valence-electron chi connectivity index (χ4n) is 6.49. The molecule has 27 heavy (non-hydrogen) atoms. The number of nitrogens with one attached hydrogen (secondary N) is 1. The second-order valence-electron chi connectivity index (χ2n) is 9.23. The number of fused-ring (bicyclic) bond motifs is 2. The Hall–Kier alpha value is -1.46. The van der Waals surface area contributed by atoms with E-state index in [1.54, 1.807) is 22.5 Å². The first kappa shape index (κ1) is 16.5. The predicted octanol–water partition coefficient (Wildman–Crippen LogP) is 4.33. The molecule has 1 aliphatic heterocycles. The third-order valence-corrected chi connectivity index (χ3v) is 8.78. The molecule has 3 fully saturated rings. The summed E-state index contributed by atoms with van der Waals surface area (Å²) in [6.45, 7) is 2.62. The van der Waals surface area contributed by atoms with Gasteiger partial charge in [-0.15, -0.1) is 0 Å². The Labute approximate surface area is 164 Å². The maximum absolute atomic E-state index is 10.8. The molecule has 1 saturated heterocycles. The zero-order valence-corrected chi connectivity index (χ0v) is 16.6. The first-order chi connectivity index (χ1) is 13.3. The van der Waals surface area contributed by atoms with Crippen molar-refractivity contribution in [1.82, 2.24) is 9.88 Å². The minimum atomic E-state index is 0.382. The first-order valence-corrected chi connectivity index (χ1v) is 11.5. The Morgan fingerprint density at radius 2 is 2.19 bits per heavy atom. The van der Waals surface area contributed by atoms with Gasteiger partial charge in [-0.25, -0.2) is 4.98 Å². The van der Waals surface area contributed by atoms with Crippen LogP contribution in [0.3, 0.4) is 0 Å². The van der Waals surface area contributed by atoms with Crippen molar-refractivity contribution in [2.45, 2.75) is 62.8 Å². The second kappa shape index (κ2) is 6.02. The molecule has 2 bridgehead atoms. The van der Waals surface area contributed by atoms with Gasteiger partial charge in [0.05, 0.1) is 10.2 Å². The number of hydrogen-bond acceptors (Lipinski definition) is 4. The number of rotatable bonds is 4. The van der Waals surface area contributed by atoms with Crippen LogP contribution in [0, 0.1) is 11.8 Å². The van der Waals surface area contributed by atoms with Gasteiger partial charge in [0, 0.05) is 18.0 Å². The van der Waals surface area contributed by atoms with Gasteiger partial charge in [0.2, 0.25) is 6.41 Å². The van der Waals surface area contributed by atoms with Gasteiger partial charge >= 0.3 is 0 Å². The lowest BCUT2D eigenvalue weighted by Crippen LogP contribution is -2.61. The number of carbonyl (C=O) groups excluding carboxylic acids is 1. The lowest BCUT2D eigenvalue weighted by atomic mass is 9.52. The van der Waals surface area contributed by atoms with E-state index in [0.717, 1.165) is 34.9 Å². The quantitative estimate of drug-likeness (QED) is 0.802. The van der Waals surface area contributed by atoms with Gasteiger partial charge in [0.15, 0.2) is 5.13 Å². The third kappa shape index (κ3) is 2.51. The Balaban J connectivity index is 1.46. The zero-order valence-electron chi connectivity index (χ0n) is 15.7. The Bertz CT molecular complexity index is 904. The van der Waals surface area contributed by atoms with Crippen LogP contribution in [0.25, 0.3) is 10.2 Å². The van der Waals surface area contributed by atoms with Crippen LogP contribution >= 0.6 is 11.3 Å². The van der Waals surface area contributed by atoms with E-state index < -0.39 is 0 Å². The molecule has 3 atom stereocenters. The smallest absolute Gasteiger partial charge is 0.213 e. The number of carbonyl (C=O) groups is 1. The van der Waals surface area contributed by atoms with E-state index in [-0.39, 0.29) is 0 Å². The first-order valence-electron chi connectivity index (χ1n) is 10.6. The Morgan fingerprint density at radius 3 is 3.04 bits per heavy atom. The lowest BCUT2D eigenvalue weighted by Gasteiger charge is -2.59. The SMILES string of the molecule is O=CNc1nc2cc3c(cc2s1)C[C@@H]1[C@@H]2CCCC[C@]32CCN1CC1CC1. The summed E-state index contributed by atoms with van der Waals surface area (Å²) in [6.07, 6.45) is 11.7. The summed E-state index contributed by atoms with van der Waals surface area (Å²) in [5, 5.41) is 3.46. The number of piperidine rings is 1. The van der Waals surface area contributed by atoms with E-state index in [0.29, 0.717) is 5.41 Å². The summed E-state index contributed by atoms with van der Waals surface area (Å²) < 4.78 is 1.22. The average Bonchev–Trinajstić information content (AvgIpc) is 3.41. The summed E-state index contributed by atoms with van der Waals surface area (Å²) >= 11 is 1.60. The molecule has 1 aromatic carbocycles. The normalized spacial score (nSPS) is 32.7. The van der Waals surface area contributed by atoms with Gasteiger partial charge in [-0.1, -0.05) is 24.2 Å². The molecular weight excluding hydrogens is 354 g/mol. The number of hydrogen-bond donors (Lipinski definition) is 1. The summed E-state index contributed by atoms with van der Waals surface area (Å²) in [4.78, 5) is 18.4. The van der Waals surface area contributed by atoms with Gasteiger partial charge in [-0.05, 0) is 80.2 Å². The topological polar surface area (TPSA) is 45.2 Å². The van der Waals surface area contributed by atoms with Crippen molar-refractivity contribution in [2.75, 3.05) is 18.4 Å². The molecule has 1 N–H and O–H groups in total. The summed E-state index contributed by atoms with van der Waals surface area (Å²) in [5.41, 5.74) is 4.62. The second-order valence-corrected chi connectivity index (χ2v) is 10.3. The van der Waals surface area contributed by atoms with E-state index in [4.69, 9.17) is 0 Å². The van der Waals surface area contributed by atoms with Crippen LogP contribution in [0.15, 0.2) is 12.1 Å².